The zero-order valence-corrected chi connectivity index (χ0v) is 13.5. The first-order valence-corrected chi connectivity index (χ1v) is 8.52. The highest BCUT2D eigenvalue weighted by Crippen LogP contribution is 2.54. The van der Waals surface area contributed by atoms with Gasteiger partial charge in [0.2, 0.25) is 0 Å². The third kappa shape index (κ3) is 2.71. The van der Waals surface area contributed by atoms with E-state index in [2.05, 4.69) is 9.51 Å². The van der Waals surface area contributed by atoms with Gasteiger partial charge in [-0.3, -0.25) is 13.6 Å². The van der Waals surface area contributed by atoms with Gasteiger partial charge in [0.1, 0.15) is 23.6 Å². The molecule has 1 aromatic heterocycles. The van der Waals surface area contributed by atoms with E-state index in [1.54, 1.807) is 0 Å². The van der Waals surface area contributed by atoms with Crippen molar-refractivity contribution in [3.8, 4) is 0 Å². The minimum atomic E-state index is -4.23. The van der Waals surface area contributed by atoms with Crippen molar-refractivity contribution in [1.82, 2.24) is 9.55 Å². The van der Waals surface area contributed by atoms with Gasteiger partial charge >= 0.3 is 13.5 Å². The summed E-state index contributed by atoms with van der Waals surface area (Å²) in [5.41, 5.74) is 3.94. The number of nitrogens with zero attached hydrogens (tertiary/aromatic N) is 2. The third-order valence-corrected chi connectivity index (χ3v) is 5.13. The highest BCUT2D eigenvalue weighted by Gasteiger charge is 2.63. The number of rotatable bonds is 5. The highest BCUT2D eigenvalue weighted by atomic mass is 31.2. The van der Waals surface area contributed by atoms with Crippen molar-refractivity contribution in [2.24, 2.45) is 0 Å². The molecule has 10 nitrogen and oxygen atoms in total. The van der Waals surface area contributed by atoms with Crippen molar-refractivity contribution in [1.29, 1.82) is 0 Å². The molecule has 2 aliphatic rings. The maximum Gasteiger partial charge on any atom is 0.472 e. The SMILES string of the molecule is CC[C@@]12COC([C@H](n3ccc(N)nc3=O)O1)[C@H]2OP(=O)(O)OC. The number of nitrogens with two attached hydrogens (primary N) is 1. The van der Waals surface area contributed by atoms with Gasteiger partial charge in [-0.05, 0) is 12.5 Å². The van der Waals surface area contributed by atoms with Crippen LogP contribution in [-0.2, 0) is 23.1 Å². The number of nitrogen functional groups attached to an aromatic ring is 1. The molecule has 11 heteroatoms. The van der Waals surface area contributed by atoms with Gasteiger partial charge in [-0.1, -0.05) is 6.92 Å². The maximum atomic E-state index is 12.0. The molecular formula is C12H18N3O7P. The van der Waals surface area contributed by atoms with Gasteiger partial charge in [-0.2, -0.15) is 4.98 Å². The highest BCUT2D eigenvalue weighted by molar-refractivity contribution is 7.47. The molecule has 0 aromatic carbocycles. The molecule has 0 amide bonds. The summed E-state index contributed by atoms with van der Waals surface area (Å²) in [6, 6.07) is 1.46. The Kier molecular flexibility index (Phi) is 4.07. The number of phosphoric ester groups is 1. The van der Waals surface area contributed by atoms with Crippen LogP contribution in [0.1, 0.15) is 19.6 Å². The van der Waals surface area contributed by atoms with E-state index < -0.39 is 37.5 Å². The van der Waals surface area contributed by atoms with Gasteiger partial charge in [-0.15, -0.1) is 0 Å². The van der Waals surface area contributed by atoms with E-state index in [0.29, 0.717) is 6.42 Å². The molecule has 5 atom stereocenters. The first-order valence-electron chi connectivity index (χ1n) is 7.03. The summed E-state index contributed by atoms with van der Waals surface area (Å²) in [6.07, 6.45) is -0.516. The molecule has 1 aromatic rings. The fourth-order valence-electron chi connectivity index (χ4n) is 2.91. The monoisotopic (exact) mass is 347 g/mol. The molecular weight excluding hydrogens is 329 g/mol. The smallest absolute Gasteiger partial charge is 0.383 e. The lowest BCUT2D eigenvalue weighted by molar-refractivity contribution is -0.175. The number of phosphoric acid groups is 1. The summed E-state index contributed by atoms with van der Waals surface area (Å²) in [6.45, 7) is 2.03. The van der Waals surface area contributed by atoms with Crippen molar-refractivity contribution in [2.45, 2.75) is 37.4 Å². The second-order valence-electron chi connectivity index (χ2n) is 5.42. The predicted molar refractivity (Wildman–Crippen MR) is 77.5 cm³/mol. The molecule has 2 saturated heterocycles. The van der Waals surface area contributed by atoms with Gasteiger partial charge in [0.15, 0.2) is 6.23 Å². The van der Waals surface area contributed by atoms with E-state index in [4.69, 9.17) is 19.7 Å². The second kappa shape index (κ2) is 5.66. The maximum absolute atomic E-state index is 12.0. The summed E-state index contributed by atoms with van der Waals surface area (Å²) < 4.78 is 34.3. The summed E-state index contributed by atoms with van der Waals surface area (Å²) in [4.78, 5) is 25.3. The Morgan fingerprint density at radius 1 is 1.65 bits per heavy atom. The minimum absolute atomic E-state index is 0.0903. The fraction of sp³-hybridized carbons (Fsp3) is 0.667. The van der Waals surface area contributed by atoms with E-state index in [-0.39, 0.29) is 12.4 Å². The second-order valence-corrected chi connectivity index (χ2v) is 6.93. The molecule has 3 N–H and O–H groups in total. The molecule has 128 valence electrons. The van der Waals surface area contributed by atoms with Crippen LogP contribution >= 0.6 is 7.82 Å². The predicted octanol–water partition coefficient (Wildman–Crippen LogP) is 0.0339. The van der Waals surface area contributed by atoms with Gasteiger partial charge < -0.3 is 20.1 Å². The molecule has 0 saturated carbocycles. The lowest BCUT2D eigenvalue weighted by Gasteiger charge is -2.30. The Hall–Kier alpha value is -1.29. The molecule has 2 bridgehead atoms. The Morgan fingerprint density at radius 3 is 3.00 bits per heavy atom. The average Bonchev–Trinajstić information content (AvgIpc) is 2.99. The molecule has 0 spiro atoms. The van der Waals surface area contributed by atoms with Crippen molar-refractivity contribution in [3.63, 3.8) is 0 Å². The van der Waals surface area contributed by atoms with Gasteiger partial charge in [0, 0.05) is 13.3 Å². The lowest BCUT2D eigenvalue weighted by Crippen LogP contribution is -2.41. The van der Waals surface area contributed by atoms with Crippen molar-refractivity contribution in [3.05, 3.63) is 22.7 Å². The van der Waals surface area contributed by atoms with Crippen LogP contribution in [0, 0.1) is 0 Å². The van der Waals surface area contributed by atoms with Gasteiger partial charge in [0.25, 0.3) is 0 Å². The number of fused-ring (bicyclic) bond motifs is 2. The molecule has 2 unspecified atom stereocenters. The van der Waals surface area contributed by atoms with E-state index in [0.717, 1.165) is 7.11 Å². The standard InChI is InChI=1S/C12H18N3O7P/c1-3-12-6-20-8(9(12)22-23(17,18)19-2)10(21-12)15-5-4-7(13)14-11(15)16/h4-5,8-10H,3,6H2,1-2H3,(H,17,18)(H2,13,14,16)/t8?,9-,10-,12+/m1/s1. The zero-order chi connectivity index (χ0) is 16.8. The van der Waals surface area contributed by atoms with Crippen LogP contribution < -0.4 is 11.4 Å². The number of hydrogen-bond donors (Lipinski definition) is 2. The topological polar surface area (TPSA) is 135 Å². The average molecular weight is 347 g/mol. The number of ether oxygens (including phenoxy) is 2. The molecule has 0 radical (unpaired) electrons. The largest absolute Gasteiger partial charge is 0.472 e. The Bertz CT molecular complexity index is 710. The van der Waals surface area contributed by atoms with Crippen LogP contribution in [0.3, 0.4) is 0 Å². The van der Waals surface area contributed by atoms with Crippen LogP contribution in [0.5, 0.6) is 0 Å². The molecule has 0 aliphatic carbocycles. The van der Waals surface area contributed by atoms with Crippen LogP contribution in [0.25, 0.3) is 0 Å². The molecule has 23 heavy (non-hydrogen) atoms. The number of aromatic nitrogens is 2. The van der Waals surface area contributed by atoms with Crippen LogP contribution in [0.2, 0.25) is 0 Å². The molecule has 2 fully saturated rings. The van der Waals surface area contributed by atoms with E-state index in [9.17, 15) is 14.3 Å². The first-order chi connectivity index (χ1) is 10.8. The molecule has 2 aliphatic heterocycles. The Balaban J connectivity index is 1.95. The third-order valence-electron chi connectivity index (χ3n) is 4.18. The van der Waals surface area contributed by atoms with E-state index >= 15 is 0 Å². The summed E-state index contributed by atoms with van der Waals surface area (Å²) in [7, 11) is -3.16. The molecule has 3 heterocycles. The van der Waals surface area contributed by atoms with Crippen molar-refractivity contribution >= 4 is 13.6 Å². The quantitative estimate of drug-likeness (QED) is 0.707. The van der Waals surface area contributed by atoms with Gasteiger partial charge in [-0.25, -0.2) is 9.36 Å². The summed E-state index contributed by atoms with van der Waals surface area (Å²) in [5, 5.41) is 0. The molecule has 3 rings (SSSR count). The Morgan fingerprint density at radius 2 is 2.39 bits per heavy atom. The summed E-state index contributed by atoms with van der Waals surface area (Å²) >= 11 is 0. The zero-order valence-electron chi connectivity index (χ0n) is 12.6. The van der Waals surface area contributed by atoms with Gasteiger partial charge in [0.05, 0.1) is 6.61 Å². The van der Waals surface area contributed by atoms with Crippen molar-refractivity contribution in [2.75, 3.05) is 19.5 Å². The summed E-state index contributed by atoms with van der Waals surface area (Å²) in [5.74, 6) is 0.0903. The first kappa shape index (κ1) is 16.6. The number of hydrogen-bond acceptors (Lipinski definition) is 8. The van der Waals surface area contributed by atoms with E-state index in [1.807, 2.05) is 6.92 Å². The van der Waals surface area contributed by atoms with Crippen LogP contribution in [-0.4, -0.2) is 46.0 Å². The Labute approximate surface area is 131 Å². The lowest BCUT2D eigenvalue weighted by atomic mass is 9.96. The van der Waals surface area contributed by atoms with Crippen LogP contribution in [0.4, 0.5) is 5.82 Å². The fourth-order valence-corrected chi connectivity index (χ4v) is 3.60. The minimum Gasteiger partial charge on any atom is -0.383 e. The van der Waals surface area contributed by atoms with E-state index in [1.165, 1.54) is 16.8 Å². The van der Waals surface area contributed by atoms with Crippen molar-refractivity contribution < 1.29 is 28.0 Å². The number of anilines is 1. The normalized spacial score (nSPS) is 35.3. The van der Waals surface area contributed by atoms with Crippen LogP contribution in [0.15, 0.2) is 17.1 Å².